The number of aryl methyl sites for hydroxylation is 1. The van der Waals surface area contributed by atoms with Crippen molar-refractivity contribution in [1.82, 2.24) is 13.9 Å². The standard InChI is InChI=1S/C28H33N3O5S2/c1-23-9-13-26(14-10-23)38(35,36)31(21-25-7-3-2-4-8-25)22-28(32)29-18-17-24-11-15-27(16-12-24)37(33,34)30-19-5-6-20-30/h2-4,7-16H,5-6,17-22H2,1H3,(H,29,32). The highest BCUT2D eigenvalue weighted by molar-refractivity contribution is 7.89. The lowest BCUT2D eigenvalue weighted by Crippen LogP contribution is -2.40. The number of nitrogens with one attached hydrogen (secondary N) is 1. The number of nitrogens with zero attached hydrogens (tertiary/aromatic N) is 2. The van der Waals surface area contributed by atoms with Gasteiger partial charge in [0.05, 0.1) is 16.3 Å². The van der Waals surface area contributed by atoms with E-state index in [0.717, 1.165) is 29.5 Å². The van der Waals surface area contributed by atoms with E-state index in [9.17, 15) is 21.6 Å². The number of benzene rings is 3. The SMILES string of the molecule is Cc1ccc(S(=O)(=O)N(CC(=O)NCCc2ccc(S(=O)(=O)N3CCCC3)cc2)Cc2ccccc2)cc1. The summed E-state index contributed by atoms with van der Waals surface area (Å²) in [5, 5.41) is 2.80. The van der Waals surface area contributed by atoms with Crippen molar-refractivity contribution < 1.29 is 21.6 Å². The Hall–Kier alpha value is -3.05. The lowest BCUT2D eigenvalue weighted by Gasteiger charge is -2.22. The van der Waals surface area contributed by atoms with Crippen LogP contribution in [0.1, 0.15) is 29.5 Å². The topological polar surface area (TPSA) is 104 Å². The van der Waals surface area contributed by atoms with Gasteiger partial charge in [-0.2, -0.15) is 8.61 Å². The summed E-state index contributed by atoms with van der Waals surface area (Å²) < 4.78 is 54.8. The van der Waals surface area contributed by atoms with Crippen LogP contribution >= 0.6 is 0 Å². The van der Waals surface area contributed by atoms with E-state index in [1.807, 2.05) is 37.3 Å². The van der Waals surface area contributed by atoms with E-state index in [2.05, 4.69) is 5.32 Å². The first-order valence-electron chi connectivity index (χ1n) is 12.6. The molecule has 0 bridgehead atoms. The van der Waals surface area contributed by atoms with Crippen LogP contribution in [0.3, 0.4) is 0 Å². The normalized spacial score (nSPS) is 14.6. The van der Waals surface area contributed by atoms with Gasteiger partial charge in [-0.15, -0.1) is 0 Å². The summed E-state index contributed by atoms with van der Waals surface area (Å²) in [4.78, 5) is 13.2. The molecule has 202 valence electrons. The zero-order valence-corrected chi connectivity index (χ0v) is 23.0. The summed E-state index contributed by atoms with van der Waals surface area (Å²) in [5.74, 6) is -0.412. The average Bonchev–Trinajstić information content (AvgIpc) is 3.46. The Bertz CT molecular complexity index is 1430. The van der Waals surface area contributed by atoms with Crippen molar-refractivity contribution in [3.05, 3.63) is 95.6 Å². The van der Waals surface area contributed by atoms with Gasteiger partial charge in [0.25, 0.3) is 0 Å². The minimum atomic E-state index is -3.90. The molecule has 10 heteroatoms. The molecule has 0 radical (unpaired) electrons. The van der Waals surface area contributed by atoms with Crippen LogP contribution in [0, 0.1) is 6.92 Å². The summed E-state index contributed by atoms with van der Waals surface area (Å²) in [6.45, 7) is 3.02. The Morgan fingerprint density at radius 1 is 0.816 bits per heavy atom. The molecule has 0 spiro atoms. The van der Waals surface area contributed by atoms with Crippen molar-refractivity contribution in [3.8, 4) is 0 Å². The highest BCUT2D eigenvalue weighted by Crippen LogP contribution is 2.21. The van der Waals surface area contributed by atoms with Crippen LogP contribution in [0.25, 0.3) is 0 Å². The molecule has 0 atom stereocenters. The Balaban J connectivity index is 1.38. The summed E-state index contributed by atoms with van der Waals surface area (Å²) in [6, 6.07) is 22.4. The van der Waals surface area contributed by atoms with Crippen LogP contribution in [0.2, 0.25) is 0 Å². The Morgan fingerprint density at radius 2 is 1.42 bits per heavy atom. The summed E-state index contributed by atoms with van der Waals surface area (Å²) in [6.07, 6.45) is 2.25. The van der Waals surface area contributed by atoms with E-state index in [1.165, 1.54) is 8.61 Å². The van der Waals surface area contributed by atoms with Crippen LogP contribution in [0.5, 0.6) is 0 Å². The fourth-order valence-corrected chi connectivity index (χ4v) is 7.24. The molecule has 1 amide bonds. The fourth-order valence-electron chi connectivity index (χ4n) is 4.34. The minimum Gasteiger partial charge on any atom is -0.355 e. The number of sulfonamides is 2. The lowest BCUT2D eigenvalue weighted by molar-refractivity contribution is -0.121. The maximum Gasteiger partial charge on any atom is 0.243 e. The van der Waals surface area contributed by atoms with Crippen LogP contribution in [-0.2, 0) is 37.8 Å². The zero-order chi connectivity index (χ0) is 27.2. The molecule has 0 aliphatic carbocycles. The Labute approximate surface area is 225 Å². The van der Waals surface area contributed by atoms with Crippen LogP contribution in [-0.4, -0.2) is 57.5 Å². The predicted octanol–water partition coefficient (Wildman–Crippen LogP) is 3.33. The van der Waals surface area contributed by atoms with E-state index in [4.69, 9.17) is 0 Å². The third-order valence-electron chi connectivity index (χ3n) is 6.54. The van der Waals surface area contributed by atoms with E-state index in [1.54, 1.807) is 48.5 Å². The van der Waals surface area contributed by atoms with E-state index >= 15 is 0 Å². The average molecular weight is 556 g/mol. The highest BCUT2D eigenvalue weighted by atomic mass is 32.2. The predicted molar refractivity (Wildman–Crippen MR) is 146 cm³/mol. The van der Waals surface area contributed by atoms with E-state index in [0.29, 0.717) is 26.1 Å². The van der Waals surface area contributed by atoms with E-state index in [-0.39, 0.29) is 22.9 Å². The highest BCUT2D eigenvalue weighted by Gasteiger charge is 2.28. The summed E-state index contributed by atoms with van der Waals surface area (Å²) in [5.41, 5.74) is 2.59. The van der Waals surface area contributed by atoms with Gasteiger partial charge < -0.3 is 5.32 Å². The molecule has 0 unspecified atom stereocenters. The van der Waals surface area contributed by atoms with Crippen LogP contribution < -0.4 is 5.32 Å². The number of amides is 1. The molecule has 1 fully saturated rings. The molecule has 1 aliphatic rings. The molecule has 1 aliphatic heterocycles. The fraction of sp³-hybridized carbons (Fsp3) is 0.321. The summed E-state index contributed by atoms with van der Waals surface area (Å²) in [7, 11) is -7.37. The largest absolute Gasteiger partial charge is 0.355 e. The first-order chi connectivity index (χ1) is 18.2. The van der Waals surface area contributed by atoms with Crippen molar-refractivity contribution in [2.45, 2.75) is 42.5 Å². The van der Waals surface area contributed by atoms with Gasteiger partial charge >= 0.3 is 0 Å². The molecule has 0 aromatic heterocycles. The Morgan fingerprint density at radius 3 is 2.05 bits per heavy atom. The van der Waals surface area contributed by atoms with E-state index < -0.39 is 26.0 Å². The van der Waals surface area contributed by atoms with Gasteiger partial charge in [0.1, 0.15) is 0 Å². The maximum absolute atomic E-state index is 13.4. The number of rotatable bonds is 11. The second-order valence-electron chi connectivity index (χ2n) is 9.43. The van der Waals surface area contributed by atoms with Gasteiger partial charge in [-0.1, -0.05) is 60.2 Å². The summed E-state index contributed by atoms with van der Waals surface area (Å²) >= 11 is 0. The number of carbonyl (C=O) groups excluding carboxylic acids is 1. The van der Waals surface area contributed by atoms with Gasteiger partial charge in [-0.25, -0.2) is 16.8 Å². The molecular weight excluding hydrogens is 522 g/mol. The first kappa shape index (κ1) is 28.0. The molecule has 8 nitrogen and oxygen atoms in total. The number of hydrogen-bond acceptors (Lipinski definition) is 5. The zero-order valence-electron chi connectivity index (χ0n) is 21.4. The number of carbonyl (C=O) groups is 1. The van der Waals surface area contributed by atoms with Crippen molar-refractivity contribution in [2.24, 2.45) is 0 Å². The monoisotopic (exact) mass is 555 g/mol. The molecule has 1 saturated heterocycles. The van der Waals surface area contributed by atoms with Gasteiger partial charge in [-0.05, 0) is 61.6 Å². The van der Waals surface area contributed by atoms with Crippen LogP contribution in [0.15, 0.2) is 88.7 Å². The van der Waals surface area contributed by atoms with Crippen molar-refractivity contribution in [3.63, 3.8) is 0 Å². The third kappa shape index (κ3) is 6.87. The minimum absolute atomic E-state index is 0.0669. The molecule has 3 aromatic rings. The molecule has 1 heterocycles. The van der Waals surface area contributed by atoms with Crippen molar-refractivity contribution >= 4 is 26.0 Å². The first-order valence-corrected chi connectivity index (χ1v) is 15.5. The third-order valence-corrected chi connectivity index (χ3v) is 10.3. The lowest BCUT2D eigenvalue weighted by atomic mass is 10.1. The van der Waals surface area contributed by atoms with Crippen molar-refractivity contribution in [1.29, 1.82) is 0 Å². The van der Waals surface area contributed by atoms with Gasteiger partial charge in [0.15, 0.2) is 0 Å². The molecule has 0 saturated carbocycles. The maximum atomic E-state index is 13.4. The molecule has 1 N–H and O–H groups in total. The van der Waals surface area contributed by atoms with Crippen LogP contribution in [0.4, 0.5) is 0 Å². The quantitative estimate of drug-likeness (QED) is 0.391. The second kappa shape index (κ2) is 12.2. The number of hydrogen-bond donors (Lipinski definition) is 1. The Kier molecular flexibility index (Phi) is 8.99. The molecular formula is C28H33N3O5S2. The van der Waals surface area contributed by atoms with Gasteiger partial charge in [-0.3, -0.25) is 4.79 Å². The molecule has 4 rings (SSSR count). The molecule has 38 heavy (non-hydrogen) atoms. The van der Waals surface area contributed by atoms with Gasteiger partial charge in [0, 0.05) is 26.2 Å². The second-order valence-corrected chi connectivity index (χ2v) is 13.3. The van der Waals surface area contributed by atoms with Crippen molar-refractivity contribution in [2.75, 3.05) is 26.2 Å². The molecule has 3 aromatic carbocycles. The van der Waals surface area contributed by atoms with Gasteiger partial charge in [0.2, 0.25) is 26.0 Å². The smallest absolute Gasteiger partial charge is 0.243 e.